The Morgan fingerprint density at radius 2 is 1.91 bits per heavy atom. The van der Waals surface area contributed by atoms with Gasteiger partial charge in [-0.05, 0) is 30.4 Å². The highest BCUT2D eigenvalue weighted by Crippen LogP contribution is 2.28. The number of nitro groups is 2. The smallest absolute Gasteiger partial charge is 0.345 e. The largest absolute Gasteiger partial charge is 0.422 e. The van der Waals surface area contributed by atoms with E-state index >= 15 is 0 Å². The third-order valence-electron chi connectivity index (χ3n) is 4.73. The second-order valence-electron chi connectivity index (χ2n) is 6.83. The molecule has 0 saturated carbocycles. The summed E-state index contributed by atoms with van der Waals surface area (Å²) < 4.78 is 5.26. The van der Waals surface area contributed by atoms with Crippen LogP contribution in [-0.2, 0) is 0 Å². The van der Waals surface area contributed by atoms with E-state index in [0.29, 0.717) is 16.0 Å². The van der Waals surface area contributed by atoms with Gasteiger partial charge in [0.25, 0.3) is 11.4 Å². The number of thiazole rings is 1. The van der Waals surface area contributed by atoms with Crippen molar-refractivity contribution < 1.29 is 14.3 Å². The Bertz CT molecular complexity index is 1610. The van der Waals surface area contributed by atoms with E-state index < -0.39 is 15.5 Å². The third-order valence-corrected chi connectivity index (χ3v) is 5.61. The summed E-state index contributed by atoms with van der Waals surface area (Å²) >= 11 is 1.12. The summed E-state index contributed by atoms with van der Waals surface area (Å²) in [5.74, 6) is 0. The minimum Gasteiger partial charge on any atom is -0.422 e. The number of non-ortho nitro benzene ring substituents is 1. The molecule has 0 saturated heterocycles. The highest BCUT2D eigenvalue weighted by molar-refractivity contribution is 7.11. The van der Waals surface area contributed by atoms with Crippen molar-refractivity contribution in [2.45, 2.75) is 0 Å². The number of hydrogen-bond acceptors (Lipinski definition) is 9. The fourth-order valence-corrected chi connectivity index (χ4v) is 3.92. The molecule has 0 spiro atoms. The van der Waals surface area contributed by atoms with Gasteiger partial charge in [-0.1, -0.05) is 18.2 Å². The molecule has 2 aromatic heterocycles. The van der Waals surface area contributed by atoms with Crippen LogP contribution in [0.1, 0.15) is 10.6 Å². The van der Waals surface area contributed by atoms with Crippen molar-refractivity contribution >= 4 is 45.3 Å². The quantitative estimate of drug-likeness (QED) is 0.120. The number of rotatable bonds is 6. The van der Waals surface area contributed by atoms with E-state index in [0.717, 1.165) is 11.3 Å². The maximum Gasteiger partial charge on any atom is 0.345 e. The highest BCUT2D eigenvalue weighted by Gasteiger charge is 2.15. The van der Waals surface area contributed by atoms with Crippen LogP contribution in [-0.4, -0.2) is 14.8 Å². The lowest BCUT2D eigenvalue weighted by atomic mass is 10.1. The lowest BCUT2D eigenvalue weighted by molar-refractivity contribution is -0.385. The standard InChI is InChI=1S/C23H12N4O6S/c24-12-15(6-3-5-14-4-1-2-7-20(14)27(31)32)22-25-19(13-34-22)18-11-16-10-17(26(29)30)8-9-21(16)33-23(18)28/h1-11,13H. The SMILES string of the molecule is N#CC(=CC=Cc1ccccc1[N+](=O)[O-])c1nc(-c2cc3cc([N+](=O)[O-])ccc3oc2=O)cs1. The Labute approximate surface area is 194 Å². The number of nitriles is 1. The predicted molar refractivity (Wildman–Crippen MR) is 126 cm³/mol. The normalized spacial score (nSPS) is 11.6. The number of hydrogen-bond donors (Lipinski definition) is 0. The molecule has 2 heterocycles. The zero-order chi connectivity index (χ0) is 24.2. The van der Waals surface area contributed by atoms with Crippen molar-refractivity contribution in [1.29, 1.82) is 5.26 Å². The Morgan fingerprint density at radius 1 is 1.12 bits per heavy atom. The molecule has 11 heteroatoms. The average molecular weight is 472 g/mol. The molecule has 2 aromatic carbocycles. The maximum atomic E-state index is 12.4. The van der Waals surface area contributed by atoms with E-state index in [-0.39, 0.29) is 33.8 Å². The van der Waals surface area contributed by atoms with Crippen LogP contribution in [0.25, 0.3) is 33.9 Å². The van der Waals surface area contributed by atoms with Gasteiger partial charge in [0.05, 0.1) is 32.2 Å². The van der Waals surface area contributed by atoms with Gasteiger partial charge in [0.15, 0.2) is 0 Å². The lowest BCUT2D eigenvalue weighted by Crippen LogP contribution is -2.03. The van der Waals surface area contributed by atoms with Crippen LogP contribution in [0.3, 0.4) is 0 Å². The molecule has 0 bridgehead atoms. The summed E-state index contributed by atoms with van der Waals surface area (Å²) in [6.45, 7) is 0. The van der Waals surface area contributed by atoms with Crippen LogP contribution in [0.5, 0.6) is 0 Å². The lowest BCUT2D eigenvalue weighted by Gasteiger charge is -2.00. The molecule has 166 valence electrons. The Kier molecular flexibility index (Phi) is 6.07. The summed E-state index contributed by atoms with van der Waals surface area (Å²) in [5.41, 5.74) is 0.242. The first-order chi connectivity index (χ1) is 16.4. The van der Waals surface area contributed by atoms with Gasteiger partial charge in [0, 0.05) is 29.0 Å². The summed E-state index contributed by atoms with van der Waals surface area (Å²) in [6.07, 6.45) is 4.48. The molecule has 0 atom stereocenters. The second-order valence-corrected chi connectivity index (χ2v) is 7.69. The van der Waals surface area contributed by atoms with Crippen LogP contribution in [0.15, 0.2) is 75.3 Å². The van der Waals surface area contributed by atoms with E-state index in [2.05, 4.69) is 4.98 Å². The maximum absolute atomic E-state index is 12.4. The fraction of sp³-hybridized carbons (Fsp3) is 0. The minimum absolute atomic E-state index is 0.0644. The molecule has 0 aliphatic rings. The molecule has 0 amide bonds. The predicted octanol–water partition coefficient (Wildman–Crippen LogP) is 5.35. The van der Waals surface area contributed by atoms with E-state index in [4.69, 9.17) is 4.42 Å². The van der Waals surface area contributed by atoms with Gasteiger partial charge in [-0.15, -0.1) is 11.3 Å². The zero-order valence-electron chi connectivity index (χ0n) is 17.1. The van der Waals surface area contributed by atoms with Gasteiger partial charge in [-0.25, -0.2) is 9.78 Å². The van der Waals surface area contributed by atoms with Crippen molar-refractivity contribution in [3.63, 3.8) is 0 Å². The number of allylic oxidation sites excluding steroid dienone is 3. The van der Waals surface area contributed by atoms with Crippen LogP contribution in [0.2, 0.25) is 0 Å². The number of benzene rings is 2. The first kappa shape index (κ1) is 22.3. The molecule has 34 heavy (non-hydrogen) atoms. The number of para-hydroxylation sites is 1. The monoisotopic (exact) mass is 472 g/mol. The third kappa shape index (κ3) is 4.47. The van der Waals surface area contributed by atoms with E-state index in [1.54, 1.807) is 23.6 Å². The van der Waals surface area contributed by atoms with Crippen LogP contribution >= 0.6 is 11.3 Å². The fourth-order valence-electron chi connectivity index (χ4n) is 3.12. The molecule has 0 fully saturated rings. The summed E-state index contributed by atoms with van der Waals surface area (Å²) in [6, 6.07) is 13.6. The molecule has 0 unspecified atom stereocenters. The van der Waals surface area contributed by atoms with Gasteiger partial charge >= 0.3 is 5.63 Å². The van der Waals surface area contributed by atoms with Crippen molar-refractivity contribution in [3.05, 3.63) is 107 Å². The van der Waals surface area contributed by atoms with Crippen LogP contribution < -0.4 is 5.63 Å². The van der Waals surface area contributed by atoms with Crippen LogP contribution in [0, 0.1) is 31.6 Å². The summed E-state index contributed by atoms with van der Waals surface area (Å²) in [7, 11) is 0. The average Bonchev–Trinajstić information content (AvgIpc) is 3.31. The van der Waals surface area contributed by atoms with Crippen molar-refractivity contribution in [1.82, 2.24) is 4.98 Å². The molecular weight excluding hydrogens is 460 g/mol. The molecule has 10 nitrogen and oxygen atoms in total. The summed E-state index contributed by atoms with van der Waals surface area (Å²) in [5, 5.41) is 34.0. The van der Waals surface area contributed by atoms with Crippen LogP contribution in [0.4, 0.5) is 11.4 Å². The molecular formula is C23H12N4O6S. The number of nitro benzene ring substituents is 2. The number of aromatic nitrogens is 1. The molecule has 0 N–H and O–H groups in total. The topological polar surface area (TPSA) is 153 Å². The van der Waals surface area contributed by atoms with Gasteiger partial charge in [-0.2, -0.15) is 5.26 Å². The molecule has 0 aliphatic carbocycles. The number of nitrogens with zero attached hydrogens (tertiary/aromatic N) is 4. The Balaban J connectivity index is 1.67. The highest BCUT2D eigenvalue weighted by atomic mass is 32.1. The molecule has 0 radical (unpaired) electrons. The zero-order valence-corrected chi connectivity index (χ0v) is 17.9. The number of fused-ring (bicyclic) bond motifs is 1. The van der Waals surface area contributed by atoms with Crippen molar-refractivity contribution in [3.8, 4) is 17.3 Å². The van der Waals surface area contributed by atoms with Gasteiger partial charge < -0.3 is 4.42 Å². The Hall–Kier alpha value is -4.95. The molecule has 0 aliphatic heterocycles. The summed E-state index contributed by atoms with van der Waals surface area (Å²) in [4.78, 5) is 37.9. The first-order valence-electron chi connectivity index (χ1n) is 9.58. The van der Waals surface area contributed by atoms with E-state index in [1.807, 2.05) is 6.07 Å². The second kappa shape index (κ2) is 9.27. The molecule has 4 aromatic rings. The first-order valence-corrected chi connectivity index (χ1v) is 10.5. The van der Waals surface area contributed by atoms with Gasteiger partial charge in [0.2, 0.25) is 0 Å². The van der Waals surface area contributed by atoms with Gasteiger partial charge in [-0.3, -0.25) is 20.2 Å². The van der Waals surface area contributed by atoms with Crippen molar-refractivity contribution in [2.24, 2.45) is 0 Å². The van der Waals surface area contributed by atoms with Gasteiger partial charge in [0.1, 0.15) is 16.7 Å². The van der Waals surface area contributed by atoms with E-state index in [1.165, 1.54) is 48.6 Å². The molecule has 4 rings (SSSR count). The Morgan fingerprint density at radius 3 is 2.65 bits per heavy atom. The van der Waals surface area contributed by atoms with E-state index in [9.17, 15) is 30.3 Å². The van der Waals surface area contributed by atoms with Crippen molar-refractivity contribution in [2.75, 3.05) is 0 Å². The minimum atomic E-state index is -0.669.